The van der Waals surface area contributed by atoms with E-state index >= 15 is 0 Å². The van der Waals surface area contributed by atoms with Crippen LogP contribution in [0.5, 0.6) is 0 Å². The highest BCUT2D eigenvalue weighted by Gasteiger charge is 2.21. The SMILES string of the molecule is CN=C(C(=O)O)/C(=C/C=C/c1ccc2c(c1)CCN2Cc1ccccc1)C(=O)Nc1ccccc1. The van der Waals surface area contributed by atoms with Gasteiger partial charge < -0.3 is 15.3 Å². The summed E-state index contributed by atoms with van der Waals surface area (Å²) in [5.41, 5.74) is 5.03. The molecule has 0 radical (unpaired) electrons. The third-order valence-corrected chi connectivity index (χ3v) is 5.82. The maximum absolute atomic E-state index is 12.8. The number of fused-ring (bicyclic) bond motifs is 1. The molecule has 0 fully saturated rings. The lowest BCUT2D eigenvalue weighted by molar-refractivity contribution is -0.129. The van der Waals surface area contributed by atoms with Crippen molar-refractivity contribution in [1.29, 1.82) is 0 Å². The Kier molecular flexibility index (Phi) is 7.53. The van der Waals surface area contributed by atoms with Crippen molar-refractivity contribution in [1.82, 2.24) is 0 Å². The molecule has 0 bridgehead atoms. The molecule has 0 saturated heterocycles. The summed E-state index contributed by atoms with van der Waals surface area (Å²) in [5.74, 6) is -1.79. The molecule has 0 aromatic heterocycles. The monoisotopic (exact) mass is 465 g/mol. The first-order valence-corrected chi connectivity index (χ1v) is 11.4. The molecule has 0 aliphatic carbocycles. The van der Waals surface area contributed by atoms with Crippen LogP contribution in [0.1, 0.15) is 16.7 Å². The fourth-order valence-electron chi connectivity index (χ4n) is 4.13. The van der Waals surface area contributed by atoms with E-state index < -0.39 is 11.9 Å². The van der Waals surface area contributed by atoms with Crippen molar-refractivity contribution in [2.24, 2.45) is 4.99 Å². The number of carbonyl (C=O) groups excluding carboxylic acids is 1. The molecule has 2 N–H and O–H groups in total. The Labute approximate surface area is 204 Å². The minimum absolute atomic E-state index is 0.0182. The van der Waals surface area contributed by atoms with Crippen LogP contribution in [0, 0.1) is 0 Å². The largest absolute Gasteiger partial charge is 0.477 e. The Morgan fingerprint density at radius 3 is 2.43 bits per heavy atom. The van der Waals surface area contributed by atoms with Gasteiger partial charge in [-0.3, -0.25) is 9.79 Å². The molecule has 1 aliphatic heterocycles. The Balaban J connectivity index is 1.52. The van der Waals surface area contributed by atoms with Crippen molar-refractivity contribution in [3.05, 3.63) is 113 Å². The highest BCUT2D eigenvalue weighted by molar-refractivity contribution is 6.49. The number of benzene rings is 3. The Hall–Kier alpha value is -4.45. The van der Waals surface area contributed by atoms with Gasteiger partial charge in [-0.25, -0.2) is 4.79 Å². The summed E-state index contributed by atoms with van der Waals surface area (Å²) in [7, 11) is 1.36. The maximum atomic E-state index is 12.8. The van der Waals surface area contributed by atoms with Crippen LogP contribution >= 0.6 is 0 Å². The number of aliphatic carboxylic acids is 1. The number of amides is 1. The van der Waals surface area contributed by atoms with Crippen LogP contribution in [0.2, 0.25) is 0 Å². The lowest BCUT2D eigenvalue weighted by Gasteiger charge is -2.19. The van der Waals surface area contributed by atoms with E-state index in [0.717, 1.165) is 25.1 Å². The summed E-state index contributed by atoms with van der Waals surface area (Å²) in [5, 5.41) is 12.3. The smallest absolute Gasteiger partial charge is 0.354 e. The number of carboxylic acids is 1. The first-order valence-electron chi connectivity index (χ1n) is 11.4. The van der Waals surface area contributed by atoms with Crippen LogP contribution in [-0.4, -0.2) is 36.3 Å². The summed E-state index contributed by atoms with van der Waals surface area (Å²) in [6.07, 6.45) is 6.01. The van der Waals surface area contributed by atoms with Gasteiger partial charge in [0.15, 0.2) is 5.71 Å². The maximum Gasteiger partial charge on any atom is 0.354 e. The summed E-state index contributed by atoms with van der Waals surface area (Å²) in [4.78, 5) is 30.7. The standard InChI is InChI=1S/C29H27N3O3/c1-30-27(29(34)35)25(28(33)31-24-12-6-3-7-13-24)14-8-11-21-15-16-26-23(19-21)17-18-32(26)20-22-9-4-2-5-10-22/h2-16,19H,17-18,20H2,1H3,(H,31,33)(H,34,35)/b11-8+,25-14-,30-27?. The van der Waals surface area contributed by atoms with Gasteiger partial charge >= 0.3 is 5.97 Å². The first-order chi connectivity index (χ1) is 17.0. The molecule has 4 rings (SSSR count). The second-order valence-electron chi connectivity index (χ2n) is 8.18. The fourth-order valence-corrected chi connectivity index (χ4v) is 4.13. The molecule has 6 nitrogen and oxygen atoms in total. The summed E-state index contributed by atoms with van der Waals surface area (Å²) < 4.78 is 0. The molecule has 3 aromatic rings. The van der Waals surface area contributed by atoms with Crippen LogP contribution in [0.15, 0.2) is 102 Å². The van der Waals surface area contributed by atoms with Gasteiger partial charge in [0.2, 0.25) is 0 Å². The van der Waals surface area contributed by atoms with E-state index in [1.165, 1.54) is 29.9 Å². The molecule has 1 heterocycles. The Morgan fingerprint density at radius 2 is 1.74 bits per heavy atom. The van der Waals surface area contributed by atoms with Gasteiger partial charge in [0.05, 0.1) is 5.57 Å². The average Bonchev–Trinajstić information content (AvgIpc) is 3.26. The number of para-hydroxylation sites is 1. The Bertz CT molecular complexity index is 1300. The second-order valence-corrected chi connectivity index (χ2v) is 8.18. The molecular weight excluding hydrogens is 438 g/mol. The zero-order chi connectivity index (χ0) is 24.6. The highest BCUT2D eigenvalue weighted by Crippen LogP contribution is 2.30. The summed E-state index contributed by atoms with van der Waals surface area (Å²) >= 11 is 0. The minimum Gasteiger partial charge on any atom is -0.477 e. The predicted octanol–water partition coefficient (Wildman–Crippen LogP) is 4.98. The number of anilines is 2. The van der Waals surface area contributed by atoms with Gasteiger partial charge in [-0.2, -0.15) is 0 Å². The topological polar surface area (TPSA) is 82.0 Å². The highest BCUT2D eigenvalue weighted by atomic mass is 16.4. The molecule has 1 amide bonds. The number of rotatable bonds is 8. The second kappa shape index (κ2) is 11.1. The van der Waals surface area contributed by atoms with Crippen molar-refractivity contribution >= 4 is 35.0 Å². The van der Waals surface area contributed by atoms with Crippen LogP contribution in [0.3, 0.4) is 0 Å². The number of carboxylic acid groups (broad SMARTS) is 1. The van der Waals surface area contributed by atoms with E-state index in [0.29, 0.717) is 5.69 Å². The first kappa shape index (κ1) is 23.7. The van der Waals surface area contributed by atoms with E-state index in [1.54, 1.807) is 30.3 Å². The third-order valence-electron chi connectivity index (χ3n) is 5.82. The molecule has 176 valence electrons. The van der Waals surface area contributed by atoms with Gasteiger partial charge in [0.25, 0.3) is 5.91 Å². The number of carbonyl (C=O) groups is 2. The van der Waals surface area contributed by atoms with Gasteiger partial charge in [0.1, 0.15) is 0 Å². The number of nitrogens with zero attached hydrogens (tertiary/aromatic N) is 2. The lowest BCUT2D eigenvalue weighted by atomic mass is 10.1. The molecule has 1 aliphatic rings. The van der Waals surface area contributed by atoms with E-state index in [1.807, 2.05) is 24.3 Å². The Morgan fingerprint density at radius 1 is 1.03 bits per heavy atom. The fraction of sp³-hybridized carbons (Fsp3) is 0.138. The molecule has 0 atom stereocenters. The van der Waals surface area contributed by atoms with Crippen LogP contribution < -0.4 is 10.2 Å². The van der Waals surface area contributed by atoms with E-state index in [4.69, 9.17) is 0 Å². The van der Waals surface area contributed by atoms with Crippen molar-refractivity contribution in [2.45, 2.75) is 13.0 Å². The third kappa shape index (κ3) is 5.92. The van der Waals surface area contributed by atoms with E-state index in [9.17, 15) is 14.7 Å². The van der Waals surface area contributed by atoms with E-state index in [2.05, 4.69) is 51.6 Å². The van der Waals surface area contributed by atoms with Crippen molar-refractivity contribution < 1.29 is 14.7 Å². The van der Waals surface area contributed by atoms with Crippen molar-refractivity contribution in [3.63, 3.8) is 0 Å². The number of allylic oxidation sites excluding steroid dienone is 2. The summed E-state index contributed by atoms with van der Waals surface area (Å²) in [6.45, 7) is 1.84. The zero-order valence-corrected chi connectivity index (χ0v) is 19.5. The molecule has 0 unspecified atom stereocenters. The molecule has 0 spiro atoms. The van der Waals surface area contributed by atoms with E-state index in [-0.39, 0.29) is 11.3 Å². The summed E-state index contributed by atoms with van der Waals surface area (Å²) in [6, 6.07) is 25.6. The van der Waals surface area contributed by atoms with Crippen LogP contribution in [0.4, 0.5) is 11.4 Å². The van der Waals surface area contributed by atoms with Crippen LogP contribution in [-0.2, 0) is 22.6 Å². The number of hydrogen-bond donors (Lipinski definition) is 2. The molecule has 35 heavy (non-hydrogen) atoms. The van der Waals surface area contributed by atoms with Gasteiger partial charge in [-0.15, -0.1) is 0 Å². The van der Waals surface area contributed by atoms with Gasteiger partial charge in [0, 0.05) is 31.5 Å². The van der Waals surface area contributed by atoms with Gasteiger partial charge in [-0.1, -0.05) is 66.7 Å². The predicted molar refractivity (Wildman–Crippen MR) is 141 cm³/mol. The molecular formula is C29H27N3O3. The van der Waals surface area contributed by atoms with Crippen molar-refractivity contribution in [2.75, 3.05) is 23.8 Å². The quantitative estimate of drug-likeness (QED) is 0.279. The van der Waals surface area contributed by atoms with Crippen molar-refractivity contribution in [3.8, 4) is 0 Å². The molecule has 3 aromatic carbocycles. The molecule has 0 saturated carbocycles. The van der Waals surface area contributed by atoms with Crippen LogP contribution in [0.25, 0.3) is 6.08 Å². The zero-order valence-electron chi connectivity index (χ0n) is 19.5. The number of hydrogen-bond acceptors (Lipinski definition) is 4. The molecule has 6 heteroatoms. The number of nitrogens with one attached hydrogen (secondary N) is 1. The average molecular weight is 466 g/mol. The lowest BCUT2D eigenvalue weighted by Crippen LogP contribution is -2.26. The minimum atomic E-state index is -1.26. The van der Waals surface area contributed by atoms with Gasteiger partial charge in [-0.05, 0) is 53.5 Å². The number of aliphatic imine (C=N–C) groups is 1. The normalized spacial score (nSPS) is 13.7.